The second-order valence-electron chi connectivity index (χ2n) is 6.41. The molecule has 3 unspecified atom stereocenters. The molecule has 1 aliphatic carbocycles. The van der Waals surface area contributed by atoms with Crippen molar-refractivity contribution >= 4 is 0 Å². The molecule has 2 bridgehead atoms. The molecule has 3 rings (SSSR count). The molecular formula is C15H28N2. The highest BCUT2D eigenvalue weighted by Gasteiger charge is 2.41. The van der Waals surface area contributed by atoms with E-state index in [2.05, 4.69) is 24.1 Å². The molecule has 2 saturated heterocycles. The molecule has 0 radical (unpaired) electrons. The number of fused-ring (bicyclic) bond motifs is 2. The molecule has 2 aliphatic heterocycles. The first-order valence-electron chi connectivity index (χ1n) is 7.83. The third-order valence-corrected chi connectivity index (χ3v) is 5.29. The van der Waals surface area contributed by atoms with Crippen molar-refractivity contribution in [2.24, 2.45) is 5.92 Å². The van der Waals surface area contributed by atoms with E-state index in [0.29, 0.717) is 0 Å². The molecule has 0 aromatic carbocycles. The Hall–Kier alpha value is -0.0800. The van der Waals surface area contributed by atoms with Gasteiger partial charge in [0.1, 0.15) is 0 Å². The van der Waals surface area contributed by atoms with Gasteiger partial charge in [0, 0.05) is 24.2 Å². The van der Waals surface area contributed by atoms with Gasteiger partial charge in [-0.2, -0.15) is 0 Å². The fourth-order valence-electron chi connectivity index (χ4n) is 4.38. The third kappa shape index (κ3) is 2.39. The standard InChI is InChI=1S/C15H28N2/c1-3-15(11-5-6-11)17(4-2)14-9-12-7-8-13(10-14)16-12/h11-16H,3-10H2,1-2H3. The lowest BCUT2D eigenvalue weighted by Crippen LogP contribution is -2.52. The Bertz CT molecular complexity index is 250. The Balaban J connectivity index is 1.67. The van der Waals surface area contributed by atoms with Gasteiger partial charge in [0.25, 0.3) is 0 Å². The number of nitrogens with one attached hydrogen (secondary N) is 1. The van der Waals surface area contributed by atoms with Crippen LogP contribution in [0.15, 0.2) is 0 Å². The van der Waals surface area contributed by atoms with Crippen molar-refractivity contribution in [2.75, 3.05) is 6.54 Å². The van der Waals surface area contributed by atoms with Crippen LogP contribution in [-0.2, 0) is 0 Å². The van der Waals surface area contributed by atoms with Crippen LogP contribution in [0.3, 0.4) is 0 Å². The van der Waals surface area contributed by atoms with Crippen molar-refractivity contribution in [2.45, 2.75) is 83.0 Å². The zero-order valence-corrected chi connectivity index (χ0v) is 11.5. The molecule has 3 fully saturated rings. The molecule has 2 heterocycles. The Morgan fingerprint density at radius 1 is 1.06 bits per heavy atom. The van der Waals surface area contributed by atoms with Crippen LogP contribution in [0.4, 0.5) is 0 Å². The summed E-state index contributed by atoms with van der Waals surface area (Å²) in [5.41, 5.74) is 0. The molecule has 0 spiro atoms. The zero-order valence-electron chi connectivity index (χ0n) is 11.5. The van der Waals surface area contributed by atoms with Gasteiger partial charge in [-0.25, -0.2) is 0 Å². The first-order chi connectivity index (χ1) is 8.31. The molecule has 0 amide bonds. The first kappa shape index (κ1) is 12.0. The minimum absolute atomic E-state index is 0.838. The van der Waals surface area contributed by atoms with Crippen molar-refractivity contribution in [3.63, 3.8) is 0 Å². The highest BCUT2D eigenvalue weighted by Crippen LogP contribution is 2.40. The van der Waals surface area contributed by atoms with E-state index >= 15 is 0 Å². The van der Waals surface area contributed by atoms with Gasteiger partial charge in [-0.3, -0.25) is 4.90 Å². The maximum absolute atomic E-state index is 3.77. The predicted molar refractivity (Wildman–Crippen MR) is 72.2 cm³/mol. The summed E-state index contributed by atoms with van der Waals surface area (Å²) in [6.45, 7) is 6.02. The van der Waals surface area contributed by atoms with E-state index in [1.54, 1.807) is 0 Å². The van der Waals surface area contributed by atoms with Crippen LogP contribution >= 0.6 is 0 Å². The minimum Gasteiger partial charge on any atom is -0.311 e. The molecule has 17 heavy (non-hydrogen) atoms. The van der Waals surface area contributed by atoms with Gasteiger partial charge < -0.3 is 5.32 Å². The van der Waals surface area contributed by atoms with Gasteiger partial charge in [0.05, 0.1) is 0 Å². The third-order valence-electron chi connectivity index (χ3n) is 5.29. The zero-order chi connectivity index (χ0) is 11.8. The van der Waals surface area contributed by atoms with Crippen LogP contribution in [0.25, 0.3) is 0 Å². The lowest BCUT2D eigenvalue weighted by Gasteiger charge is -2.41. The Labute approximate surface area is 106 Å². The summed E-state index contributed by atoms with van der Waals surface area (Å²) in [6.07, 6.45) is 10.0. The van der Waals surface area contributed by atoms with E-state index < -0.39 is 0 Å². The van der Waals surface area contributed by atoms with Crippen LogP contribution in [0.2, 0.25) is 0 Å². The quantitative estimate of drug-likeness (QED) is 0.789. The van der Waals surface area contributed by atoms with E-state index in [-0.39, 0.29) is 0 Å². The van der Waals surface area contributed by atoms with Crippen LogP contribution in [0, 0.1) is 5.92 Å². The molecule has 0 aromatic rings. The van der Waals surface area contributed by atoms with Gasteiger partial charge in [-0.1, -0.05) is 13.8 Å². The first-order valence-corrected chi connectivity index (χ1v) is 7.83. The van der Waals surface area contributed by atoms with Gasteiger partial charge in [-0.15, -0.1) is 0 Å². The van der Waals surface area contributed by atoms with Gasteiger partial charge in [-0.05, 0) is 57.4 Å². The molecule has 1 saturated carbocycles. The van der Waals surface area contributed by atoms with E-state index in [1.165, 1.54) is 51.5 Å². The summed E-state index contributed by atoms with van der Waals surface area (Å²) in [6, 6.07) is 3.45. The highest BCUT2D eigenvalue weighted by molar-refractivity contribution is 4.98. The van der Waals surface area contributed by atoms with Crippen molar-refractivity contribution in [3.05, 3.63) is 0 Å². The second kappa shape index (κ2) is 4.89. The monoisotopic (exact) mass is 236 g/mol. The summed E-state index contributed by atoms with van der Waals surface area (Å²) in [5.74, 6) is 1.03. The van der Waals surface area contributed by atoms with E-state index in [1.807, 2.05) is 0 Å². The van der Waals surface area contributed by atoms with E-state index in [4.69, 9.17) is 0 Å². The van der Waals surface area contributed by atoms with Crippen molar-refractivity contribution in [1.82, 2.24) is 10.2 Å². The SMILES string of the molecule is CCC(C1CC1)N(CC)C1CC2CCC(C1)N2. The number of piperidine rings is 1. The summed E-state index contributed by atoms with van der Waals surface area (Å²) in [4.78, 5) is 2.86. The Kier molecular flexibility index (Phi) is 3.45. The maximum Gasteiger partial charge on any atom is 0.0128 e. The molecule has 3 aliphatic rings. The van der Waals surface area contributed by atoms with Crippen LogP contribution in [-0.4, -0.2) is 35.6 Å². The van der Waals surface area contributed by atoms with Crippen molar-refractivity contribution in [3.8, 4) is 0 Å². The van der Waals surface area contributed by atoms with Gasteiger partial charge >= 0.3 is 0 Å². The molecule has 2 heteroatoms. The van der Waals surface area contributed by atoms with Gasteiger partial charge in [0.2, 0.25) is 0 Å². The lowest BCUT2D eigenvalue weighted by atomic mass is 9.95. The van der Waals surface area contributed by atoms with E-state index in [0.717, 1.165) is 30.1 Å². The van der Waals surface area contributed by atoms with Crippen molar-refractivity contribution < 1.29 is 0 Å². The molecule has 3 atom stereocenters. The normalized spacial score (nSPS) is 38.6. The predicted octanol–water partition coefficient (Wildman–Crippen LogP) is 2.78. The average Bonchev–Trinajstić information content (AvgIpc) is 3.12. The smallest absolute Gasteiger partial charge is 0.0128 e. The molecule has 0 aromatic heterocycles. The van der Waals surface area contributed by atoms with Crippen LogP contribution in [0.5, 0.6) is 0 Å². The molecule has 2 nitrogen and oxygen atoms in total. The maximum atomic E-state index is 3.77. The molecule has 98 valence electrons. The number of hydrogen-bond acceptors (Lipinski definition) is 2. The largest absolute Gasteiger partial charge is 0.311 e. The summed E-state index contributed by atoms with van der Waals surface area (Å²) >= 11 is 0. The highest BCUT2D eigenvalue weighted by atomic mass is 15.2. The topological polar surface area (TPSA) is 15.3 Å². The number of nitrogens with zero attached hydrogens (tertiary/aromatic N) is 1. The van der Waals surface area contributed by atoms with Crippen LogP contribution < -0.4 is 5.32 Å². The number of rotatable bonds is 5. The minimum atomic E-state index is 0.838. The summed E-state index contributed by atoms with van der Waals surface area (Å²) in [5, 5.41) is 3.77. The van der Waals surface area contributed by atoms with Crippen LogP contribution in [0.1, 0.15) is 58.8 Å². The summed E-state index contributed by atoms with van der Waals surface area (Å²) < 4.78 is 0. The lowest BCUT2D eigenvalue weighted by molar-refractivity contribution is 0.0855. The fraction of sp³-hybridized carbons (Fsp3) is 1.00. The summed E-state index contributed by atoms with van der Waals surface area (Å²) in [7, 11) is 0. The van der Waals surface area contributed by atoms with Gasteiger partial charge in [0.15, 0.2) is 0 Å². The Morgan fingerprint density at radius 2 is 1.71 bits per heavy atom. The van der Waals surface area contributed by atoms with E-state index in [9.17, 15) is 0 Å². The number of hydrogen-bond donors (Lipinski definition) is 1. The van der Waals surface area contributed by atoms with Crippen molar-refractivity contribution in [1.29, 1.82) is 0 Å². The average molecular weight is 236 g/mol. The Morgan fingerprint density at radius 3 is 2.18 bits per heavy atom. The fourth-order valence-corrected chi connectivity index (χ4v) is 4.38. The second-order valence-corrected chi connectivity index (χ2v) is 6.41. The molecule has 1 N–H and O–H groups in total. The molecular weight excluding hydrogens is 208 g/mol.